The molecule has 1 saturated heterocycles. The van der Waals surface area contributed by atoms with Gasteiger partial charge in [0, 0.05) is 18.8 Å². The summed E-state index contributed by atoms with van der Waals surface area (Å²) in [5.74, 6) is 1.29. The van der Waals surface area contributed by atoms with E-state index < -0.39 is 0 Å². The van der Waals surface area contributed by atoms with E-state index in [1.807, 2.05) is 0 Å². The molecule has 0 bridgehead atoms. The number of nitrogens with two attached hydrogens (primary N) is 1. The van der Waals surface area contributed by atoms with Crippen LogP contribution in [0.2, 0.25) is 0 Å². The molecule has 0 saturated carbocycles. The molecular weight excluding hydrogens is 264 g/mol. The second kappa shape index (κ2) is 4.76. The lowest BCUT2D eigenvalue weighted by atomic mass is 9.80. The molecule has 1 unspecified atom stereocenters. The van der Waals surface area contributed by atoms with Gasteiger partial charge in [-0.2, -0.15) is 0 Å². The van der Waals surface area contributed by atoms with E-state index in [1.165, 1.54) is 0 Å². The molecule has 0 spiro atoms. The van der Waals surface area contributed by atoms with E-state index in [9.17, 15) is 4.79 Å². The number of hydrogen-bond donors (Lipinski definition) is 2. The lowest BCUT2D eigenvalue weighted by Crippen LogP contribution is -2.28. The zero-order chi connectivity index (χ0) is 15.2. The van der Waals surface area contributed by atoms with Gasteiger partial charge in [0.25, 0.3) is 5.56 Å². The van der Waals surface area contributed by atoms with Crippen LogP contribution >= 0.6 is 0 Å². The molecule has 0 aliphatic carbocycles. The minimum absolute atomic E-state index is 0.124. The van der Waals surface area contributed by atoms with E-state index in [4.69, 9.17) is 5.73 Å². The molecule has 1 aliphatic heterocycles. The second-order valence-corrected chi connectivity index (χ2v) is 6.96. The first-order valence-corrected chi connectivity index (χ1v) is 7.39. The first-order valence-electron chi connectivity index (χ1n) is 7.39. The van der Waals surface area contributed by atoms with Crippen LogP contribution in [-0.4, -0.2) is 23.1 Å². The van der Waals surface area contributed by atoms with Gasteiger partial charge in [-0.15, -0.1) is 0 Å². The van der Waals surface area contributed by atoms with Crippen LogP contribution in [0.3, 0.4) is 0 Å². The number of nitrogen functional groups attached to an aromatic ring is 1. The summed E-state index contributed by atoms with van der Waals surface area (Å²) in [6.45, 7) is 8.67. The van der Waals surface area contributed by atoms with Crippen LogP contribution in [0, 0.1) is 11.3 Å². The van der Waals surface area contributed by atoms with Gasteiger partial charge in [-0.25, -0.2) is 4.98 Å². The minimum Gasteiger partial charge on any atom is -0.399 e. The van der Waals surface area contributed by atoms with E-state index in [-0.39, 0.29) is 11.0 Å². The summed E-state index contributed by atoms with van der Waals surface area (Å²) >= 11 is 0. The molecule has 2 aromatic rings. The predicted molar refractivity (Wildman–Crippen MR) is 86.6 cm³/mol. The smallest absolute Gasteiger partial charge is 0.260 e. The number of benzene rings is 1. The highest BCUT2D eigenvalue weighted by molar-refractivity contribution is 5.81. The molecule has 5 nitrogen and oxygen atoms in total. The maximum Gasteiger partial charge on any atom is 0.260 e. The van der Waals surface area contributed by atoms with E-state index >= 15 is 0 Å². The van der Waals surface area contributed by atoms with Crippen LogP contribution in [0.5, 0.6) is 0 Å². The standard InChI is InChI=1S/C16H22N4O/c1-16(2,3)10-6-7-20(9-10)15-18-13-5-4-11(17)8-12(13)14(21)19-15/h4-5,8,10H,6-7,9,17H2,1-3H3,(H,18,19,21). The number of fused-ring (bicyclic) bond motifs is 1. The maximum absolute atomic E-state index is 12.2. The van der Waals surface area contributed by atoms with Gasteiger partial charge in [0.2, 0.25) is 5.95 Å². The van der Waals surface area contributed by atoms with Crippen molar-refractivity contribution in [1.29, 1.82) is 0 Å². The van der Waals surface area contributed by atoms with Crippen LogP contribution < -0.4 is 16.2 Å². The number of hydrogen-bond acceptors (Lipinski definition) is 4. The fourth-order valence-corrected chi connectivity index (χ4v) is 2.95. The number of nitrogens with one attached hydrogen (secondary N) is 1. The number of rotatable bonds is 1. The largest absolute Gasteiger partial charge is 0.399 e. The third-order valence-electron chi connectivity index (χ3n) is 4.43. The van der Waals surface area contributed by atoms with E-state index in [1.54, 1.807) is 18.2 Å². The summed E-state index contributed by atoms with van der Waals surface area (Å²) in [5.41, 5.74) is 7.16. The highest BCUT2D eigenvalue weighted by Crippen LogP contribution is 2.34. The van der Waals surface area contributed by atoms with Crippen LogP contribution in [0.15, 0.2) is 23.0 Å². The molecule has 0 radical (unpaired) electrons. The minimum atomic E-state index is -0.124. The number of nitrogens with zero attached hydrogens (tertiary/aromatic N) is 2. The van der Waals surface area contributed by atoms with Gasteiger partial charge in [-0.05, 0) is 36.0 Å². The molecule has 112 valence electrons. The fraction of sp³-hybridized carbons (Fsp3) is 0.500. The maximum atomic E-state index is 12.2. The molecule has 1 aliphatic rings. The highest BCUT2D eigenvalue weighted by atomic mass is 16.1. The van der Waals surface area contributed by atoms with Gasteiger partial charge in [0.15, 0.2) is 0 Å². The zero-order valence-corrected chi connectivity index (χ0v) is 12.8. The van der Waals surface area contributed by atoms with Crippen LogP contribution in [-0.2, 0) is 0 Å². The van der Waals surface area contributed by atoms with Crippen molar-refractivity contribution < 1.29 is 0 Å². The first-order chi connectivity index (χ1) is 9.84. The average Bonchev–Trinajstić information content (AvgIpc) is 2.89. The first kappa shape index (κ1) is 13.9. The Morgan fingerprint density at radius 3 is 2.81 bits per heavy atom. The van der Waals surface area contributed by atoms with Crippen LogP contribution in [0.4, 0.5) is 11.6 Å². The highest BCUT2D eigenvalue weighted by Gasteiger charge is 2.32. The summed E-state index contributed by atoms with van der Waals surface area (Å²) in [6.07, 6.45) is 1.13. The molecule has 21 heavy (non-hydrogen) atoms. The Balaban J connectivity index is 1.96. The van der Waals surface area contributed by atoms with Crippen molar-refractivity contribution in [2.45, 2.75) is 27.2 Å². The molecule has 1 aromatic carbocycles. The Hall–Kier alpha value is -2.04. The van der Waals surface area contributed by atoms with Crippen molar-refractivity contribution in [2.24, 2.45) is 11.3 Å². The monoisotopic (exact) mass is 286 g/mol. The van der Waals surface area contributed by atoms with Gasteiger partial charge in [-0.1, -0.05) is 20.8 Å². The van der Waals surface area contributed by atoms with E-state index in [0.717, 1.165) is 19.5 Å². The van der Waals surface area contributed by atoms with Crippen molar-refractivity contribution in [2.75, 3.05) is 23.7 Å². The van der Waals surface area contributed by atoms with Crippen LogP contribution in [0.25, 0.3) is 10.9 Å². The van der Waals surface area contributed by atoms with Gasteiger partial charge in [0.1, 0.15) is 0 Å². The Morgan fingerprint density at radius 2 is 2.14 bits per heavy atom. The lowest BCUT2D eigenvalue weighted by molar-refractivity contribution is 0.263. The summed E-state index contributed by atoms with van der Waals surface area (Å²) in [7, 11) is 0. The third-order valence-corrected chi connectivity index (χ3v) is 4.43. The van der Waals surface area contributed by atoms with E-state index in [0.29, 0.717) is 28.5 Å². The normalized spacial score (nSPS) is 19.4. The number of aromatic amines is 1. The Morgan fingerprint density at radius 1 is 1.38 bits per heavy atom. The van der Waals surface area contributed by atoms with Crippen molar-refractivity contribution in [3.63, 3.8) is 0 Å². The molecule has 5 heteroatoms. The lowest BCUT2D eigenvalue weighted by Gasteiger charge is -2.27. The Labute approximate surface area is 124 Å². The zero-order valence-electron chi connectivity index (χ0n) is 12.8. The molecule has 2 heterocycles. The number of aromatic nitrogens is 2. The Bertz CT molecular complexity index is 729. The van der Waals surface area contributed by atoms with Crippen molar-refractivity contribution in [3.05, 3.63) is 28.6 Å². The number of anilines is 2. The fourth-order valence-electron chi connectivity index (χ4n) is 2.95. The molecular formula is C16H22N4O. The van der Waals surface area contributed by atoms with Gasteiger partial charge in [0.05, 0.1) is 10.9 Å². The van der Waals surface area contributed by atoms with E-state index in [2.05, 4.69) is 35.6 Å². The summed E-state index contributed by atoms with van der Waals surface area (Å²) in [4.78, 5) is 21.9. The summed E-state index contributed by atoms with van der Waals surface area (Å²) in [6, 6.07) is 5.26. The predicted octanol–water partition coefficient (Wildman–Crippen LogP) is 2.38. The third kappa shape index (κ3) is 2.60. The average molecular weight is 286 g/mol. The molecule has 1 aromatic heterocycles. The Kier molecular flexibility index (Phi) is 3.15. The quantitative estimate of drug-likeness (QED) is 0.789. The van der Waals surface area contributed by atoms with Crippen molar-refractivity contribution >= 4 is 22.5 Å². The summed E-state index contributed by atoms with van der Waals surface area (Å²) < 4.78 is 0. The molecule has 3 rings (SSSR count). The molecule has 0 amide bonds. The second-order valence-electron chi connectivity index (χ2n) is 6.96. The SMILES string of the molecule is CC(C)(C)C1CCN(c2nc3ccc(N)cc3c(=O)[nH]2)C1. The van der Waals surface area contributed by atoms with Gasteiger partial charge < -0.3 is 10.6 Å². The molecule has 3 N–H and O–H groups in total. The topological polar surface area (TPSA) is 75.0 Å². The van der Waals surface area contributed by atoms with Crippen molar-refractivity contribution in [3.8, 4) is 0 Å². The van der Waals surface area contributed by atoms with Gasteiger partial charge >= 0.3 is 0 Å². The van der Waals surface area contributed by atoms with Gasteiger partial charge in [-0.3, -0.25) is 9.78 Å². The molecule has 1 atom stereocenters. The number of H-pyrrole nitrogens is 1. The molecule has 1 fully saturated rings. The summed E-state index contributed by atoms with van der Waals surface area (Å²) in [5, 5.41) is 0.547. The van der Waals surface area contributed by atoms with Crippen molar-refractivity contribution in [1.82, 2.24) is 9.97 Å². The van der Waals surface area contributed by atoms with Crippen LogP contribution in [0.1, 0.15) is 27.2 Å².